The zero-order valence-corrected chi connectivity index (χ0v) is 7.92. The minimum absolute atomic E-state index is 0.508. The van der Waals surface area contributed by atoms with E-state index in [0.717, 1.165) is 13.0 Å². The first-order valence-corrected chi connectivity index (χ1v) is 3.99. The Morgan fingerprint density at radius 1 is 1.58 bits per heavy atom. The largest absolute Gasteiger partial charge is 0.406 e. The Morgan fingerprint density at radius 2 is 2.25 bits per heavy atom. The van der Waals surface area contributed by atoms with Crippen LogP contribution in [0.25, 0.3) is 0 Å². The summed E-state index contributed by atoms with van der Waals surface area (Å²) in [5, 5.41) is 7.00. The van der Waals surface area contributed by atoms with Crippen LogP contribution in [-0.2, 0) is 4.84 Å². The topological polar surface area (TPSA) is 48.4 Å². The molecule has 0 aliphatic rings. The van der Waals surface area contributed by atoms with E-state index in [1.807, 2.05) is 19.0 Å². The van der Waals surface area contributed by atoms with E-state index in [1.54, 1.807) is 6.20 Å². The van der Waals surface area contributed by atoms with Gasteiger partial charge >= 0.3 is 0 Å². The number of nitrogens with zero attached hydrogens (tertiary/aromatic N) is 1. The van der Waals surface area contributed by atoms with Crippen molar-refractivity contribution in [2.75, 3.05) is 20.6 Å². The van der Waals surface area contributed by atoms with Gasteiger partial charge in [0.05, 0.1) is 6.21 Å². The zero-order valence-electron chi connectivity index (χ0n) is 7.92. The van der Waals surface area contributed by atoms with Gasteiger partial charge in [0.25, 0.3) is 0 Å². The number of hydroxylamine groups is 1. The van der Waals surface area contributed by atoms with Gasteiger partial charge in [0, 0.05) is 26.8 Å². The van der Waals surface area contributed by atoms with E-state index in [-0.39, 0.29) is 0 Å². The maximum atomic E-state index is 7.00. The third-order valence-corrected chi connectivity index (χ3v) is 1.07. The Balaban J connectivity index is 3.75. The molecule has 12 heavy (non-hydrogen) atoms. The molecule has 0 saturated carbocycles. The summed E-state index contributed by atoms with van der Waals surface area (Å²) in [7, 11) is 3.76. The van der Waals surface area contributed by atoms with Crippen LogP contribution in [0, 0.1) is 5.41 Å². The Hall–Kier alpha value is -1.03. The van der Waals surface area contributed by atoms with Crippen LogP contribution in [0.4, 0.5) is 0 Å². The SMILES string of the molecule is CCCNO/C(C=N)=C/N(C)C. The van der Waals surface area contributed by atoms with Gasteiger partial charge in [0.2, 0.25) is 0 Å². The van der Waals surface area contributed by atoms with E-state index in [0.29, 0.717) is 5.76 Å². The predicted molar refractivity (Wildman–Crippen MR) is 49.9 cm³/mol. The second-order valence-electron chi connectivity index (χ2n) is 2.64. The molecule has 0 aromatic rings. The van der Waals surface area contributed by atoms with Crippen LogP contribution in [-0.4, -0.2) is 31.8 Å². The molecular formula is C8H17N3O. The Morgan fingerprint density at radius 3 is 2.67 bits per heavy atom. The summed E-state index contributed by atoms with van der Waals surface area (Å²) in [6.07, 6.45) is 3.91. The normalized spacial score (nSPS) is 11.1. The fraction of sp³-hybridized carbons (Fsp3) is 0.625. The van der Waals surface area contributed by atoms with Crippen LogP contribution in [0.3, 0.4) is 0 Å². The lowest BCUT2D eigenvalue weighted by atomic mass is 10.5. The molecule has 0 amide bonds. The lowest BCUT2D eigenvalue weighted by molar-refractivity contribution is 0.118. The summed E-state index contributed by atoms with van der Waals surface area (Å²) in [4.78, 5) is 6.90. The fourth-order valence-corrected chi connectivity index (χ4v) is 0.584. The van der Waals surface area contributed by atoms with Crippen LogP contribution in [0.15, 0.2) is 12.0 Å². The Bertz CT molecular complexity index is 154. The van der Waals surface area contributed by atoms with Crippen molar-refractivity contribution in [3.8, 4) is 0 Å². The summed E-state index contributed by atoms with van der Waals surface area (Å²) in [5.74, 6) is 0.508. The minimum Gasteiger partial charge on any atom is -0.406 e. The highest BCUT2D eigenvalue weighted by Crippen LogP contribution is 1.91. The highest BCUT2D eigenvalue weighted by molar-refractivity contribution is 5.72. The van der Waals surface area contributed by atoms with Crippen LogP contribution in [0.5, 0.6) is 0 Å². The summed E-state index contributed by atoms with van der Waals surface area (Å²) < 4.78 is 0. The molecule has 0 spiro atoms. The zero-order chi connectivity index (χ0) is 9.40. The highest BCUT2D eigenvalue weighted by atomic mass is 16.6. The van der Waals surface area contributed by atoms with Crippen LogP contribution < -0.4 is 5.48 Å². The second-order valence-corrected chi connectivity index (χ2v) is 2.64. The molecule has 0 aromatic heterocycles. The molecule has 0 heterocycles. The number of hydrogen-bond acceptors (Lipinski definition) is 4. The standard InChI is InChI=1S/C8H17N3O/c1-4-5-10-12-8(6-9)7-11(2)3/h6-7,9-10H,4-5H2,1-3H3/b8-7+,9-6?. The highest BCUT2D eigenvalue weighted by Gasteiger charge is 1.92. The number of rotatable bonds is 6. The third-order valence-electron chi connectivity index (χ3n) is 1.07. The third kappa shape index (κ3) is 5.73. The van der Waals surface area contributed by atoms with E-state index in [2.05, 4.69) is 12.4 Å². The van der Waals surface area contributed by atoms with E-state index >= 15 is 0 Å². The van der Waals surface area contributed by atoms with Gasteiger partial charge in [-0.1, -0.05) is 6.92 Å². The second kappa shape index (κ2) is 6.67. The molecule has 0 aliphatic heterocycles. The monoisotopic (exact) mass is 171 g/mol. The maximum absolute atomic E-state index is 7.00. The first-order valence-electron chi connectivity index (χ1n) is 3.99. The molecule has 0 fully saturated rings. The van der Waals surface area contributed by atoms with Crippen molar-refractivity contribution in [3.05, 3.63) is 12.0 Å². The van der Waals surface area contributed by atoms with Crippen LogP contribution in [0.1, 0.15) is 13.3 Å². The van der Waals surface area contributed by atoms with Crippen molar-refractivity contribution in [1.29, 1.82) is 5.41 Å². The summed E-state index contributed by atoms with van der Waals surface area (Å²) >= 11 is 0. The molecule has 0 bridgehead atoms. The van der Waals surface area contributed by atoms with Crippen molar-refractivity contribution < 1.29 is 4.84 Å². The first kappa shape index (κ1) is 11.0. The molecular weight excluding hydrogens is 154 g/mol. The van der Waals surface area contributed by atoms with Crippen molar-refractivity contribution in [2.45, 2.75) is 13.3 Å². The van der Waals surface area contributed by atoms with E-state index < -0.39 is 0 Å². The molecule has 0 aromatic carbocycles. The van der Waals surface area contributed by atoms with Crippen molar-refractivity contribution in [1.82, 2.24) is 10.4 Å². The molecule has 4 nitrogen and oxygen atoms in total. The molecule has 0 rings (SSSR count). The van der Waals surface area contributed by atoms with Gasteiger partial charge in [-0.15, -0.1) is 0 Å². The van der Waals surface area contributed by atoms with Gasteiger partial charge in [-0.05, 0) is 6.42 Å². The van der Waals surface area contributed by atoms with Gasteiger partial charge in [-0.2, -0.15) is 5.48 Å². The smallest absolute Gasteiger partial charge is 0.180 e. The van der Waals surface area contributed by atoms with Gasteiger partial charge in [-0.3, -0.25) is 0 Å². The molecule has 0 saturated heterocycles. The van der Waals surface area contributed by atoms with E-state index in [9.17, 15) is 0 Å². The van der Waals surface area contributed by atoms with Gasteiger partial charge < -0.3 is 15.1 Å². The van der Waals surface area contributed by atoms with Crippen LogP contribution >= 0.6 is 0 Å². The molecule has 4 heteroatoms. The lowest BCUT2D eigenvalue weighted by Gasteiger charge is -2.09. The van der Waals surface area contributed by atoms with E-state index in [1.165, 1.54) is 6.21 Å². The van der Waals surface area contributed by atoms with Gasteiger partial charge in [0.15, 0.2) is 5.76 Å². The Labute approximate surface area is 73.7 Å². The predicted octanol–water partition coefficient (Wildman–Crippen LogP) is 0.970. The number of allylic oxidation sites excluding steroid dienone is 1. The van der Waals surface area contributed by atoms with Crippen molar-refractivity contribution in [2.24, 2.45) is 0 Å². The van der Waals surface area contributed by atoms with Crippen molar-refractivity contribution in [3.63, 3.8) is 0 Å². The first-order chi connectivity index (χ1) is 5.70. The summed E-state index contributed by atoms with van der Waals surface area (Å²) in [5.41, 5.74) is 2.75. The van der Waals surface area contributed by atoms with E-state index in [4.69, 9.17) is 10.2 Å². The average molecular weight is 171 g/mol. The minimum atomic E-state index is 0.508. The molecule has 2 N–H and O–H groups in total. The molecule has 0 aliphatic carbocycles. The lowest BCUT2D eigenvalue weighted by Crippen LogP contribution is -2.17. The number of hydrogen-bond donors (Lipinski definition) is 2. The van der Waals surface area contributed by atoms with Gasteiger partial charge in [-0.25, -0.2) is 0 Å². The van der Waals surface area contributed by atoms with Gasteiger partial charge in [0.1, 0.15) is 0 Å². The molecule has 0 atom stereocenters. The van der Waals surface area contributed by atoms with Crippen molar-refractivity contribution >= 4 is 6.21 Å². The fourth-order valence-electron chi connectivity index (χ4n) is 0.584. The Kier molecular flexibility index (Phi) is 6.09. The maximum Gasteiger partial charge on any atom is 0.180 e. The summed E-state index contributed by atoms with van der Waals surface area (Å²) in [6.45, 7) is 2.84. The average Bonchev–Trinajstić information content (AvgIpc) is 2.02. The molecule has 70 valence electrons. The summed E-state index contributed by atoms with van der Waals surface area (Å²) in [6, 6.07) is 0. The number of nitrogens with one attached hydrogen (secondary N) is 2. The quantitative estimate of drug-likeness (QED) is 0.271. The van der Waals surface area contributed by atoms with Crippen LogP contribution in [0.2, 0.25) is 0 Å². The molecule has 0 unspecified atom stereocenters. The molecule has 0 radical (unpaired) electrons.